The molecule has 3 rings (SSSR count). The van der Waals surface area contributed by atoms with Crippen LogP contribution in [0, 0.1) is 5.41 Å². The fourth-order valence-electron chi connectivity index (χ4n) is 3.26. The fourth-order valence-corrected chi connectivity index (χ4v) is 3.26. The van der Waals surface area contributed by atoms with Crippen molar-refractivity contribution in [1.82, 2.24) is 4.98 Å². The zero-order valence-electron chi connectivity index (χ0n) is 17.4. The number of hydrogen-bond acceptors (Lipinski definition) is 3. The normalized spacial score (nSPS) is 11.3. The van der Waals surface area contributed by atoms with Crippen LogP contribution in [0.4, 0.5) is 11.4 Å². The van der Waals surface area contributed by atoms with Gasteiger partial charge in [-0.15, -0.1) is 0 Å². The molecule has 0 atom stereocenters. The number of para-hydroxylation sites is 2. The van der Waals surface area contributed by atoms with Gasteiger partial charge >= 0.3 is 0 Å². The maximum absolute atomic E-state index is 13.1. The van der Waals surface area contributed by atoms with Gasteiger partial charge in [0.15, 0.2) is 0 Å². The van der Waals surface area contributed by atoms with E-state index >= 15 is 0 Å². The zero-order chi connectivity index (χ0) is 21.0. The van der Waals surface area contributed by atoms with Gasteiger partial charge in [-0.1, -0.05) is 50.2 Å². The number of pyridine rings is 1. The van der Waals surface area contributed by atoms with Crippen LogP contribution in [0.3, 0.4) is 0 Å². The minimum absolute atomic E-state index is 0.334. The van der Waals surface area contributed by atoms with Crippen LogP contribution in [0.5, 0.6) is 0 Å². The Hall–Kier alpha value is -3.21. The van der Waals surface area contributed by atoms with E-state index in [1.807, 2.05) is 42.5 Å². The minimum Gasteiger partial charge on any atom is -0.325 e. The summed E-state index contributed by atoms with van der Waals surface area (Å²) in [5.74, 6) is -0.709. The van der Waals surface area contributed by atoms with Gasteiger partial charge in [-0.05, 0) is 49.9 Å². The Balaban J connectivity index is 1.85. The van der Waals surface area contributed by atoms with Crippen molar-refractivity contribution in [3.8, 4) is 0 Å². The molecule has 2 N–H and O–H groups in total. The van der Waals surface area contributed by atoms with E-state index in [0.29, 0.717) is 11.2 Å². The van der Waals surface area contributed by atoms with Crippen molar-refractivity contribution in [2.45, 2.75) is 40.5 Å². The number of carbonyl (C=O) groups is 2. The molecule has 2 aromatic carbocycles. The summed E-state index contributed by atoms with van der Waals surface area (Å²) in [6.45, 7) is 7.37. The number of nitrogens with zero attached hydrogens (tertiary/aromatic N) is 1. The molecule has 29 heavy (non-hydrogen) atoms. The van der Waals surface area contributed by atoms with Crippen molar-refractivity contribution in [1.29, 1.82) is 0 Å². The topological polar surface area (TPSA) is 71.1 Å². The highest BCUT2D eigenvalue weighted by Gasteiger charge is 2.37. The lowest BCUT2D eigenvalue weighted by molar-refractivity contribution is -0.135. The number of fused-ring (bicyclic) bond motifs is 1. The SMILES string of the molecule is CCc1cccc(CC)c1NC(=O)C(C)(C)C(=O)Nc1cccc2cccnc12. The summed E-state index contributed by atoms with van der Waals surface area (Å²) in [6, 6.07) is 15.4. The summed E-state index contributed by atoms with van der Waals surface area (Å²) in [7, 11) is 0. The van der Waals surface area contributed by atoms with E-state index in [-0.39, 0.29) is 11.8 Å². The number of carbonyl (C=O) groups excluding carboxylic acids is 2. The molecular weight excluding hydrogens is 362 g/mol. The van der Waals surface area contributed by atoms with Gasteiger partial charge in [0.1, 0.15) is 5.41 Å². The molecule has 0 aliphatic heterocycles. The van der Waals surface area contributed by atoms with Crippen LogP contribution in [0.1, 0.15) is 38.8 Å². The summed E-state index contributed by atoms with van der Waals surface area (Å²) in [6.07, 6.45) is 3.29. The molecule has 5 nitrogen and oxygen atoms in total. The third-order valence-corrected chi connectivity index (χ3v) is 5.25. The Labute approximate surface area is 171 Å². The van der Waals surface area contributed by atoms with Crippen LogP contribution in [-0.2, 0) is 22.4 Å². The van der Waals surface area contributed by atoms with Gasteiger partial charge < -0.3 is 10.6 Å². The molecule has 1 aromatic heterocycles. The lowest BCUT2D eigenvalue weighted by Gasteiger charge is -2.24. The molecule has 0 aliphatic rings. The first kappa shape index (κ1) is 20.5. The monoisotopic (exact) mass is 389 g/mol. The Morgan fingerprint density at radius 3 is 2.10 bits per heavy atom. The largest absolute Gasteiger partial charge is 0.325 e. The molecule has 0 fully saturated rings. The maximum Gasteiger partial charge on any atom is 0.239 e. The van der Waals surface area contributed by atoms with E-state index in [0.717, 1.165) is 35.0 Å². The van der Waals surface area contributed by atoms with E-state index in [1.165, 1.54) is 0 Å². The third kappa shape index (κ3) is 4.14. The van der Waals surface area contributed by atoms with Gasteiger partial charge in [0.25, 0.3) is 0 Å². The molecule has 150 valence electrons. The van der Waals surface area contributed by atoms with Crippen molar-refractivity contribution < 1.29 is 9.59 Å². The molecule has 3 aromatic rings. The summed E-state index contributed by atoms with van der Waals surface area (Å²) in [5, 5.41) is 6.82. The predicted octanol–water partition coefficient (Wildman–Crippen LogP) is 4.96. The van der Waals surface area contributed by atoms with E-state index in [2.05, 4.69) is 29.5 Å². The lowest BCUT2D eigenvalue weighted by atomic mass is 9.90. The molecule has 0 unspecified atom stereocenters. The van der Waals surface area contributed by atoms with Crippen LogP contribution in [0.25, 0.3) is 10.9 Å². The van der Waals surface area contributed by atoms with Gasteiger partial charge in [-0.2, -0.15) is 0 Å². The quantitative estimate of drug-likeness (QED) is 0.585. The zero-order valence-corrected chi connectivity index (χ0v) is 17.4. The standard InChI is InChI=1S/C24H27N3O2/c1-5-16-10-7-11-17(6-2)20(16)27-23(29)24(3,4)22(28)26-19-14-8-12-18-13-9-15-25-21(18)19/h7-15H,5-6H2,1-4H3,(H,26,28)(H,27,29). The average Bonchev–Trinajstić information content (AvgIpc) is 2.73. The molecular formula is C24H27N3O2. The Morgan fingerprint density at radius 1 is 0.862 bits per heavy atom. The number of aromatic nitrogens is 1. The van der Waals surface area contributed by atoms with Crippen molar-refractivity contribution in [2.24, 2.45) is 5.41 Å². The second-order valence-electron chi connectivity index (χ2n) is 7.57. The molecule has 0 bridgehead atoms. The molecule has 0 radical (unpaired) electrons. The predicted molar refractivity (Wildman–Crippen MR) is 118 cm³/mol. The fraction of sp³-hybridized carbons (Fsp3) is 0.292. The number of aryl methyl sites for hydroxylation is 2. The summed E-state index contributed by atoms with van der Waals surface area (Å²) >= 11 is 0. The molecule has 0 spiro atoms. The van der Waals surface area contributed by atoms with Gasteiger partial charge in [0, 0.05) is 17.3 Å². The summed E-state index contributed by atoms with van der Waals surface area (Å²) in [5.41, 5.74) is 2.97. The Bertz CT molecular complexity index is 1030. The van der Waals surface area contributed by atoms with Crippen molar-refractivity contribution >= 4 is 34.1 Å². The van der Waals surface area contributed by atoms with E-state index in [9.17, 15) is 9.59 Å². The number of nitrogens with one attached hydrogen (secondary N) is 2. The van der Waals surface area contributed by atoms with Gasteiger partial charge in [0.05, 0.1) is 11.2 Å². The van der Waals surface area contributed by atoms with E-state index in [4.69, 9.17) is 0 Å². The van der Waals surface area contributed by atoms with Crippen LogP contribution in [0.2, 0.25) is 0 Å². The summed E-state index contributed by atoms with van der Waals surface area (Å²) in [4.78, 5) is 30.5. The second-order valence-corrected chi connectivity index (χ2v) is 7.57. The van der Waals surface area contributed by atoms with Crippen LogP contribution >= 0.6 is 0 Å². The van der Waals surface area contributed by atoms with Crippen LogP contribution in [0.15, 0.2) is 54.7 Å². The lowest BCUT2D eigenvalue weighted by Crippen LogP contribution is -2.42. The first-order valence-corrected chi connectivity index (χ1v) is 9.95. The van der Waals surface area contributed by atoms with Gasteiger partial charge in [-0.25, -0.2) is 0 Å². The molecule has 0 saturated heterocycles. The highest BCUT2D eigenvalue weighted by Crippen LogP contribution is 2.28. The minimum atomic E-state index is -1.26. The van der Waals surface area contributed by atoms with Crippen molar-refractivity contribution in [3.63, 3.8) is 0 Å². The van der Waals surface area contributed by atoms with E-state index in [1.54, 1.807) is 26.1 Å². The third-order valence-electron chi connectivity index (χ3n) is 5.25. The van der Waals surface area contributed by atoms with Crippen LogP contribution < -0.4 is 10.6 Å². The van der Waals surface area contributed by atoms with E-state index < -0.39 is 5.41 Å². The average molecular weight is 389 g/mol. The number of rotatable bonds is 6. The second kappa shape index (κ2) is 8.43. The number of amides is 2. The first-order chi connectivity index (χ1) is 13.9. The number of anilines is 2. The number of benzene rings is 2. The molecule has 0 aliphatic carbocycles. The smallest absolute Gasteiger partial charge is 0.239 e. The van der Waals surface area contributed by atoms with Gasteiger partial charge in [0.2, 0.25) is 11.8 Å². The highest BCUT2D eigenvalue weighted by atomic mass is 16.2. The molecule has 2 amide bonds. The first-order valence-electron chi connectivity index (χ1n) is 9.95. The Kier molecular flexibility index (Phi) is 5.97. The van der Waals surface area contributed by atoms with Crippen molar-refractivity contribution in [2.75, 3.05) is 10.6 Å². The summed E-state index contributed by atoms with van der Waals surface area (Å²) < 4.78 is 0. The molecule has 5 heteroatoms. The van der Waals surface area contributed by atoms with Crippen molar-refractivity contribution in [3.05, 3.63) is 65.9 Å². The Morgan fingerprint density at radius 2 is 1.45 bits per heavy atom. The molecule has 0 saturated carbocycles. The molecule has 1 heterocycles. The maximum atomic E-state index is 13.1. The van der Waals surface area contributed by atoms with Crippen LogP contribution in [-0.4, -0.2) is 16.8 Å². The highest BCUT2D eigenvalue weighted by molar-refractivity contribution is 6.15. The van der Waals surface area contributed by atoms with Gasteiger partial charge in [-0.3, -0.25) is 14.6 Å². The number of hydrogen-bond donors (Lipinski definition) is 2.